The SMILES string of the molecule is COc1cc(Cl)c(C)cc1NC(=O)C(C)Sc1nc2c(cc1C#N)CCCC2. The molecule has 2 aromatic rings. The number of rotatable bonds is 5. The lowest BCUT2D eigenvalue weighted by Crippen LogP contribution is -2.23. The van der Waals surface area contributed by atoms with E-state index in [-0.39, 0.29) is 5.91 Å². The van der Waals surface area contributed by atoms with Gasteiger partial charge in [-0.25, -0.2) is 4.98 Å². The van der Waals surface area contributed by atoms with Crippen molar-refractivity contribution < 1.29 is 9.53 Å². The van der Waals surface area contributed by atoms with Gasteiger partial charge in [0.05, 0.1) is 23.6 Å². The number of fused-ring (bicyclic) bond motifs is 1. The Bertz CT molecular complexity index is 956. The molecule has 28 heavy (non-hydrogen) atoms. The molecule has 1 aliphatic rings. The topological polar surface area (TPSA) is 75.0 Å². The van der Waals surface area contributed by atoms with Gasteiger partial charge in [-0.3, -0.25) is 4.79 Å². The van der Waals surface area contributed by atoms with Crippen LogP contribution in [-0.4, -0.2) is 23.3 Å². The highest BCUT2D eigenvalue weighted by Gasteiger charge is 2.21. The summed E-state index contributed by atoms with van der Waals surface area (Å²) in [4.78, 5) is 17.4. The molecule has 1 unspecified atom stereocenters. The van der Waals surface area contributed by atoms with E-state index in [1.165, 1.54) is 18.9 Å². The van der Waals surface area contributed by atoms with Gasteiger partial charge in [0.15, 0.2) is 0 Å². The molecular formula is C21H22ClN3O2S. The molecule has 1 heterocycles. The molecule has 3 rings (SSSR count). The number of amides is 1. The summed E-state index contributed by atoms with van der Waals surface area (Å²) in [5.41, 5.74) is 4.16. The van der Waals surface area contributed by atoms with Crippen LogP contribution in [0.3, 0.4) is 0 Å². The van der Waals surface area contributed by atoms with Crippen LogP contribution in [-0.2, 0) is 17.6 Å². The van der Waals surface area contributed by atoms with Crippen LogP contribution in [0.1, 0.15) is 42.1 Å². The van der Waals surface area contributed by atoms with E-state index in [9.17, 15) is 10.1 Å². The Morgan fingerprint density at radius 1 is 1.36 bits per heavy atom. The molecule has 1 aromatic carbocycles. The molecule has 0 saturated carbocycles. The average molecular weight is 416 g/mol. The number of benzene rings is 1. The van der Waals surface area contributed by atoms with Gasteiger partial charge in [0, 0.05) is 16.8 Å². The predicted molar refractivity (Wildman–Crippen MR) is 112 cm³/mol. The molecule has 0 spiro atoms. The normalized spacial score (nSPS) is 14.0. The minimum absolute atomic E-state index is 0.187. The van der Waals surface area contributed by atoms with Gasteiger partial charge in [0.25, 0.3) is 0 Å². The number of ether oxygens (including phenoxy) is 1. The van der Waals surface area contributed by atoms with Crippen molar-refractivity contribution in [3.63, 3.8) is 0 Å². The van der Waals surface area contributed by atoms with Crippen LogP contribution in [0.2, 0.25) is 5.02 Å². The van der Waals surface area contributed by atoms with Gasteiger partial charge in [-0.15, -0.1) is 0 Å². The lowest BCUT2D eigenvalue weighted by Gasteiger charge is -2.18. The van der Waals surface area contributed by atoms with E-state index in [0.29, 0.717) is 27.0 Å². The number of aryl methyl sites for hydroxylation is 3. The average Bonchev–Trinajstić information content (AvgIpc) is 2.69. The molecule has 7 heteroatoms. The monoisotopic (exact) mass is 415 g/mol. The Labute approximate surface area is 174 Å². The smallest absolute Gasteiger partial charge is 0.237 e. The van der Waals surface area contributed by atoms with Crippen LogP contribution in [0, 0.1) is 18.3 Å². The summed E-state index contributed by atoms with van der Waals surface area (Å²) in [5, 5.41) is 13.2. The lowest BCUT2D eigenvalue weighted by molar-refractivity contribution is -0.115. The number of carbonyl (C=O) groups excluding carboxylic acids is 1. The standard InChI is InChI=1S/C21H22ClN3O2S/c1-12-8-18(19(27-3)10-16(12)22)24-20(26)13(2)28-21-15(11-23)9-14-6-4-5-7-17(14)25-21/h8-10,13H,4-7H2,1-3H3,(H,24,26). The first-order valence-corrected chi connectivity index (χ1v) is 10.4. The van der Waals surface area contributed by atoms with E-state index in [1.54, 1.807) is 19.1 Å². The number of nitriles is 1. The van der Waals surface area contributed by atoms with Crippen molar-refractivity contribution in [3.8, 4) is 11.8 Å². The van der Waals surface area contributed by atoms with E-state index < -0.39 is 5.25 Å². The molecular weight excluding hydrogens is 394 g/mol. The highest BCUT2D eigenvalue weighted by molar-refractivity contribution is 8.00. The second-order valence-corrected chi connectivity index (χ2v) is 8.55. The van der Waals surface area contributed by atoms with Crippen molar-refractivity contribution in [1.82, 2.24) is 4.98 Å². The Hall–Kier alpha value is -2.23. The molecule has 1 aromatic heterocycles. The van der Waals surface area contributed by atoms with Gasteiger partial charge < -0.3 is 10.1 Å². The second kappa shape index (κ2) is 8.85. The zero-order valence-corrected chi connectivity index (χ0v) is 17.7. The number of hydrogen-bond donors (Lipinski definition) is 1. The Balaban J connectivity index is 1.78. The maximum absolute atomic E-state index is 12.7. The van der Waals surface area contributed by atoms with Crippen molar-refractivity contribution in [1.29, 1.82) is 5.26 Å². The first kappa shape index (κ1) is 20.5. The van der Waals surface area contributed by atoms with Crippen molar-refractivity contribution in [2.75, 3.05) is 12.4 Å². The van der Waals surface area contributed by atoms with E-state index in [4.69, 9.17) is 21.3 Å². The van der Waals surface area contributed by atoms with Gasteiger partial charge in [-0.2, -0.15) is 5.26 Å². The summed E-state index contributed by atoms with van der Waals surface area (Å²) in [6, 6.07) is 7.62. The molecule has 0 saturated heterocycles. The van der Waals surface area contributed by atoms with E-state index in [0.717, 1.165) is 42.5 Å². The summed E-state index contributed by atoms with van der Waals surface area (Å²) in [5.74, 6) is 0.319. The third-order valence-electron chi connectivity index (χ3n) is 4.78. The number of hydrogen-bond acceptors (Lipinski definition) is 5. The van der Waals surface area contributed by atoms with Gasteiger partial charge in [0.2, 0.25) is 5.91 Å². The molecule has 1 aliphatic carbocycles. The molecule has 0 bridgehead atoms. The first-order valence-electron chi connectivity index (χ1n) is 9.17. The first-order chi connectivity index (χ1) is 13.4. The summed E-state index contributed by atoms with van der Waals surface area (Å²) >= 11 is 7.43. The van der Waals surface area contributed by atoms with Gasteiger partial charge in [-0.1, -0.05) is 23.4 Å². The zero-order chi connectivity index (χ0) is 20.3. The summed E-state index contributed by atoms with van der Waals surface area (Å²) in [6.07, 6.45) is 4.14. The Morgan fingerprint density at radius 2 is 2.11 bits per heavy atom. The quantitative estimate of drug-likeness (QED) is 0.701. The fourth-order valence-corrected chi connectivity index (χ4v) is 4.22. The molecule has 0 fully saturated rings. The molecule has 1 atom stereocenters. The van der Waals surface area contributed by atoms with Gasteiger partial charge in [0.1, 0.15) is 16.8 Å². The lowest BCUT2D eigenvalue weighted by atomic mass is 9.95. The van der Waals surface area contributed by atoms with Crippen molar-refractivity contribution in [3.05, 3.63) is 45.6 Å². The summed E-state index contributed by atoms with van der Waals surface area (Å²) in [6.45, 7) is 3.67. The molecule has 1 N–H and O–H groups in total. The van der Waals surface area contributed by atoms with Crippen LogP contribution in [0.15, 0.2) is 23.2 Å². The number of anilines is 1. The van der Waals surface area contributed by atoms with Crippen LogP contribution in [0.4, 0.5) is 5.69 Å². The van der Waals surface area contributed by atoms with E-state index in [2.05, 4.69) is 11.4 Å². The molecule has 0 aliphatic heterocycles. The maximum atomic E-state index is 12.7. The van der Waals surface area contributed by atoms with E-state index >= 15 is 0 Å². The Morgan fingerprint density at radius 3 is 2.82 bits per heavy atom. The van der Waals surface area contributed by atoms with Crippen LogP contribution in [0.5, 0.6) is 5.75 Å². The van der Waals surface area contributed by atoms with Gasteiger partial charge >= 0.3 is 0 Å². The largest absolute Gasteiger partial charge is 0.495 e. The van der Waals surface area contributed by atoms with Crippen molar-refractivity contribution in [2.45, 2.75) is 49.8 Å². The minimum atomic E-state index is -0.429. The molecule has 1 amide bonds. The van der Waals surface area contributed by atoms with Crippen molar-refractivity contribution >= 4 is 35.0 Å². The van der Waals surface area contributed by atoms with Crippen LogP contribution in [0.25, 0.3) is 0 Å². The predicted octanol–water partition coefficient (Wildman–Crippen LogP) is 4.92. The number of nitrogens with one attached hydrogen (secondary N) is 1. The zero-order valence-electron chi connectivity index (χ0n) is 16.1. The third-order valence-corrected chi connectivity index (χ3v) is 6.29. The molecule has 0 radical (unpaired) electrons. The van der Waals surface area contributed by atoms with Crippen LogP contribution < -0.4 is 10.1 Å². The number of halogens is 1. The number of nitrogens with zero attached hydrogens (tertiary/aromatic N) is 2. The highest BCUT2D eigenvalue weighted by Crippen LogP contribution is 2.33. The summed E-state index contributed by atoms with van der Waals surface area (Å²) < 4.78 is 5.32. The minimum Gasteiger partial charge on any atom is -0.495 e. The fourth-order valence-electron chi connectivity index (χ4n) is 3.17. The maximum Gasteiger partial charge on any atom is 0.237 e. The third kappa shape index (κ3) is 4.43. The molecule has 5 nitrogen and oxygen atoms in total. The van der Waals surface area contributed by atoms with Crippen LogP contribution >= 0.6 is 23.4 Å². The number of thioether (sulfide) groups is 1. The second-order valence-electron chi connectivity index (χ2n) is 6.82. The number of methoxy groups -OCH3 is 1. The number of carbonyl (C=O) groups is 1. The number of aromatic nitrogens is 1. The highest BCUT2D eigenvalue weighted by atomic mass is 35.5. The fraction of sp³-hybridized carbons (Fsp3) is 0.381. The number of pyridine rings is 1. The van der Waals surface area contributed by atoms with Gasteiger partial charge in [-0.05, 0) is 62.8 Å². The van der Waals surface area contributed by atoms with Crippen molar-refractivity contribution in [2.24, 2.45) is 0 Å². The van der Waals surface area contributed by atoms with E-state index in [1.807, 2.05) is 13.0 Å². The molecule has 146 valence electrons. The Kier molecular flexibility index (Phi) is 6.48. The summed E-state index contributed by atoms with van der Waals surface area (Å²) in [7, 11) is 1.53.